The third-order valence-electron chi connectivity index (χ3n) is 3.98. The molecule has 0 unspecified atom stereocenters. The summed E-state index contributed by atoms with van der Waals surface area (Å²) in [5.41, 5.74) is 1.61. The Morgan fingerprint density at radius 3 is 2.62 bits per heavy atom. The number of rotatable bonds is 6. The Hall–Kier alpha value is -1.38. The second kappa shape index (κ2) is 8.13. The number of hydrogen-bond donors (Lipinski definition) is 2. The molecule has 0 heterocycles. The van der Waals surface area contributed by atoms with Gasteiger partial charge in [0.1, 0.15) is 5.75 Å². The van der Waals surface area contributed by atoms with E-state index in [9.17, 15) is 17.6 Å². The lowest BCUT2D eigenvalue weighted by Crippen LogP contribution is -2.44. The number of halogens is 2. The Balaban J connectivity index is 2.00. The van der Waals surface area contributed by atoms with Crippen molar-refractivity contribution in [3.63, 3.8) is 0 Å². The van der Waals surface area contributed by atoms with Crippen LogP contribution in [-0.2, 0) is 10.0 Å². The van der Waals surface area contributed by atoms with Gasteiger partial charge < -0.3 is 4.74 Å². The van der Waals surface area contributed by atoms with Crippen molar-refractivity contribution in [3.8, 4) is 5.75 Å². The monoisotopic (exact) mass is 378 g/mol. The van der Waals surface area contributed by atoms with Crippen molar-refractivity contribution < 1.29 is 22.3 Å². The van der Waals surface area contributed by atoms with E-state index < -0.39 is 27.3 Å². The number of carbonyl (C=O) groups excluding carboxylic acids is 1. The topological polar surface area (TPSA) is 84.5 Å². The van der Waals surface area contributed by atoms with Crippen molar-refractivity contribution >= 4 is 27.5 Å². The zero-order valence-corrected chi connectivity index (χ0v) is 14.8. The van der Waals surface area contributed by atoms with Crippen LogP contribution < -0.4 is 15.0 Å². The molecule has 0 aliphatic heterocycles. The molecule has 2 N–H and O–H groups in total. The molecule has 1 saturated carbocycles. The fourth-order valence-electron chi connectivity index (χ4n) is 2.74. The van der Waals surface area contributed by atoms with Crippen LogP contribution in [0, 0.1) is 11.7 Å². The summed E-state index contributed by atoms with van der Waals surface area (Å²) >= 11 is 5.69. The predicted octanol–water partition coefficient (Wildman–Crippen LogP) is 2.63. The van der Waals surface area contributed by atoms with E-state index in [4.69, 9.17) is 16.3 Å². The zero-order valence-electron chi connectivity index (χ0n) is 13.3. The first-order valence-corrected chi connectivity index (χ1v) is 9.68. The summed E-state index contributed by atoms with van der Waals surface area (Å²) in [5.74, 6) is -1.68. The average Bonchev–Trinajstić information content (AvgIpc) is 2.55. The molecule has 24 heavy (non-hydrogen) atoms. The van der Waals surface area contributed by atoms with Crippen molar-refractivity contribution in [1.29, 1.82) is 0 Å². The van der Waals surface area contributed by atoms with Gasteiger partial charge in [-0.05, 0) is 24.8 Å². The highest BCUT2D eigenvalue weighted by Crippen LogP contribution is 2.26. The maximum Gasteiger partial charge on any atom is 0.269 e. The molecule has 0 saturated heterocycles. The maximum atomic E-state index is 13.9. The van der Waals surface area contributed by atoms with Gasteiger partial charge in [0.2, 0.25) is 10.0 Å². The SMILES string of the molecule is COc1cc(Cl)c(F)c(C(=O)NNS(=O)(=O)CC2CCCCC2)c1. The van der Waals surface area contributed by atoms with Gasteiger partial charge in [0.25, 0.3) is 5.91 Å². The van der Waals surface area contributed by atoms with Gasteiger partial charge in [0.05, 0.1) is 23.4 Å². The molecule has 9 heteroatoms. The lowest BCUT2D eigenvalue weighted by Gasteiger charge is -2.21. The first kappa shape index (κ1) is 19.0. The van der Waals surface area contributed by atoms with E-state index >= 15 is 0 Å². The Morgan fingerprint density at radius 2 is 2.00 bits per heavy atom. The molecule has 0 radical (unpaired) electrons. The number of sulfonamides is 1. The van der Waals surface area contributed by atoms with Crippen LogP contribution in [0.1, 0.15) is 42.5 Å². The molecule has 1 aliphatic rings. The fraction of sp³-hybridized carbons (Fsp3) is 0.533. The summed E-state index contributed by atoms with van der Waals surface area (Å²) in [6, 6.07) is 2.37. The van der Waals surface area contributed by atoms with E-state index in [-0.39, 0.29) is 22.4 Å². The first-order valence-electron chi connectivity index (χ1n) is 7.65. The number of ether oxygens (including phenoxy) is 1. The van der Waals surface area contributed by atoms with Gasteiger partial charge in [-0.2, -0.15) is 0 Å². The number of amides is 1. The lowest BCUT2D eigenvalue weighted by molar-refractivity contribution is 0.0940. The Kier molecular flexibility index (Phi) is 6.42. The quantitative estimate of drug-likeness (QED) is 0.745. The fourth-order valence-corrected chi connectivity index (χ4v) is 4.24. The Bertz CT molecular complexity index is 706. The second-order valence-corrected chi connectivity index (χ2v) is 7.99. The van der Waals surface area contributed by atoms with Gasteiger partial charge in [-0.15, -0.1) is 4.83 Å². The van der Waals surface area contributed by atoms with Crippen LogP contribution in [0.15, 0.2) is 12.1 Å². The predicted molar refractivity (Wildman–Crippen MR) is 88.9 cm³/mol. The van der Waals surface area contributed by atoms with Crippen molar-refractivity contribution in [1.82, 2.24) is 10.3 Å². The zero-order chi connectivity index (χ0) is 17.7. The number of hydrogen-bond acceptors (Lipinski definition) is 4. The highest BCUT2D eigenvalue weighted by atomic mass is 35.5. The molecule has 1 fully saturated rings. The van der Waals surface area contributed by atoms with E-state index in [1.165, 1.54) is 13.2 Å². The minimum atomic E-state index is -3.69. The van der Waals surface area contributed by atoms with Crippen molar-refractivity contribution in [2.24, 2.45) is 5.92 Å². The molecule has 1 aromatic carbocycles. The smallest absolute Gasteiger partial charge is 0.269 e. The standard InChI is InChI=1S/C15H20ClFN2O4S/c1-23-11-7-12(14(17)13(16)8-11)15(20)18-19-24(21,22)9-10-5-3-2-4-6-10/h7-8,10,19H,2-6,9H2,1H3,(H,18,20). The van der Waals surface area contributed by atoms with E-state index in [0.29, 0.717) is 0 Å². The average molecular weight is 379 g/mol. The molecular formula is C15H20ClFN2O4S. The van der Waals surface area contributed by atoms with Crippen molar-refractivity contribution in [3.05, 3.63) is 28.5 Å². The Morgan fingerprint density at radius 1 is 1.33 bits per heavy atom. The van der Waals surface area contributed by atoms with E-state index in [2.05, 4.69) is 0 Å². The maximum absolute atomic E-state index is 13.9. The molecule has 0 spiro atoms. The van der Waals surface area contributed by atoms with Crippen LogP contribution in [0.2, 0.25) is 5.02 Å². The Labute approximate surface area is 145 Å². The summed E-state index contributed by atoms with van der Waals surface area (Å²) < 4.78 is 42.9. The van der Waals surface area contributed by atoms with Gasteiger partial charge in [-0.1, -0.05) is 30.9 Å². The second-order valence-electron chi connectivity index (χ2n) is 5.81. The van der Waals surface area contributed by atoms with Crippen LogP contribution in [0.25, 0.3) is 0 Å². The van der Waals surface area contributed by atoms with Crippen LogP contribution in [0.4, 0.5) is 4.39 Å². The molecule has 0 atom stereocenters. The number of hydrazine groups is 1. The third kappa shape index (κ3) is 5.06. The van der Waals surface area contributed by atoms with Crippen LogP contribution in [0.5, 0.6) is 5.75 Å². The minimum absolute atomic E-state index is 0.0609. The van der Waals surface area contributed by atoms with Crippen molar-refractivity contribution in [2.45, 2.75) is 32.1 Å². The molecule has 0 aromatic heterocycles. The van der Waals surface area contributed by atoms with Crippen LogP contribution >= 0.6 is 11.6 Å². The van der Waals surface area contributed by atoms with Crippen LogP contribution in [-0.4, -0.2) is 27.2 Å². The summed E-state index contributed by atoms with van der Waals surface area (Å²) in [6.07, 6.45) is 4.86. The minimum Gasteiger partial charge on any atom is -0.497 e. The van der Waals surface area contributed by atoms with Gasteiger partial charge in [-0.3, -0.25) is 10.2 Å². The number of nitrogens with one attached hydrogen (secondary N) is 2. The summed E-state index contributed by atoms with van der Waals surface area (Å²) in [7, 11) is -2.35. The number of benzene rings is 1. The molecule has 1 amide bonds. The molecule has 2 rings (SSSR count). The number of carbonyl (C=O) groups is 1. The number of methoxy groups -OCH3 is 1. The summed E-state index contributed by atoms with van der Waals surface area (Å²) in [6.45, 7) is 0. The third-order valence-corrected chi connectivity index (χ3v) is 5.58. The van der Waals surface area contributed by atoms with Crippen molar-refractivity contribution in [2.75, 3.05) is 12.9 Å². The summed E-state index contributed by atoms with van der Waals surface area (Å²) in [4.78, 5) is 14.0. The lowest BCUT2D eigenvalue weighted by atomic mass is 9.91. The van der Waals surface area contributed by atoms with E-state index in [1.54, 1.807) is 0 Å². The van der Waals surface area contributed by atoms with E-state index in [0.717, 1.165) is 38.2 Å². The molecule has 6 nitrogen and oxygen atoms in total. The molecule has 1 aromatic rings. The van der Waals surface area contributed by atoms with Gasteiger partial charge >= 0.3 is 0 Å². The van der Waals surface area contributed by atoms with Gasteiger partial charge in [0.15, 0.2) is 5.82 Å². The van der Waals surface area contributed by atoms with Gasteiger partial charge in [-0.25, -0.2) is 12.8 Å². The highest BCUT2D eigenvalue weighted by molar-refractivity contribution is 7.89. The van der Waals surface area contributed by atoms with E-state index in [1.807, 2.05) is 10.3 Å². The molecule has 1 aliphatic carbocycles. The van der Waals surface area contributed by atoms with Crippen LogP contribution in [0.3, 0.4) is 0 Å². The largest absolute Gasteiger partial charge is 0.497 e. The highest BCUT2D eigenvalue weighted by Gasteiger charge is 2.23. The first-order chi connectivity index (χ1) is 11.3. The molecular weight excluding hydrogens is 359 g/mol. The summed E-state index contributed by atoms with van der Waals surface area (Å²) in [5, 5.41) is -0.287. The van der Waals surface area contributed by atoms with Gasteiger partial charge in [0, 0.05) is 6.07 Å². The normalized spacial score (nSPS) is 16.0. The molecule has 0 bridgehead atoms. The molecule has 134 valence electrons.